The fraction of sp³-hybridized carbons (Fsp3) is 0.263. The summed E-state index contributed by atoms with van der Waals surface area (Å²) < 4.78 is 10.0. The normalized spacial score (nSPS) is 10.2. The molecular formula is C19H20ClNO4S. The van der Waals surface area contributed by atoms with E-state index >= 15 is 0 Å². The topological polar surface area (TPSA) is 64.6 Å². The Labute approximate surface area is 162 Å². The molecule has 2 rings (SSSR count). The van der Waals surface area contributed by atoms with E-state index in [0.717, 1.165) is 16.2 Å². The summed E-state index contributed by atoms with van der Waals surface area (Å²) in [5.74, 6) is 0.138. The maximum absolute atomic E-state index is 11.7. The van der Waals surface area contributed by atoms with Crippen LogP contribution in [0.25, 0.3) is 0 Å². The molecule has 5 nitrogen and oxygen atoms in total. The summed E-state index contributed by atoms with van der Waals surface area (Å²) in [4.78, 5) is 24.4. The van der Waals surface area contributed by atoms with Crippen LogP contribution >= 0.6 is 23.4 Å². The Morgan fingerprint density at radius 2 is 1.92 bits per heavy atom. The summed E-state index contributed by atoms with van der Waals surface area (Å²) in [5.41, 5.74) is 1.03. The fourth-order valence-electron chi connectivity index (χ4n) is 2.09. The van der Waals surface area contributed by atoms with Gasteiger partial charge in [-0.25, -0.2) is 0 Å². The molecule has 0 atom stereocenters. The van der Waals surface area contributed by atoms with E-state index in [1.165, 1.54) is 11.8 Å². The summed E-state index contributed by atoms with van der Waals surface area (Å²) in [6.07, 6.45) is 0.660. The van der Waals surface area contributed by atoms with Crippen molar-refractivity contribution < 1.29 is 19.1 Å². The van der Waals surface area contributed by atoms with Gasteiger partial charge in [-0.2, -0.15) is 0 Å². The smallest absolute Gasteiger partial charge is 0.316 e. The van der Waals surface area contributed by atoms with Gasteiger partial charge >= 0.3 is 5.97 Å². The molecule has 0 spiro atoms. The number of hydrogen-bond acceptors (Lipinski definition) is 5. The van der Waals surface area contributed by atoms with Crippen LogP contribution in [0.1, 0.15) is 5.56 Å². The van der Waals surface area contributed by atoms with Gasteiger partial charge < -0.3 is 14.8 Å². The summed E-state index contributed by atoms with van der Waals surface area (Å²) in [5, 5.41) is 3.38. The predicted molar refractivity (Wildman–Crippen MR) is 103 cm³/mol. The van der Waals surface area contributed by atoms with Gasteiger partial charge in [0.05, 0.1) is 12.9 Å². The third-order valence-corrected chi connectivity index (χ3v) is 4.63. The van der Waals surface area contributed by atoms with Crippen molar-refractivity contribution in [1.82, 2.24) is 5.32 Å². The molecule has 0 aliphatic rings. The molecule has 0 saturated carbocycles. The van der Waals surface area contributed by atoms with Gasteiger partial charge in [0.15, 0.2) is 6.61 Å². The van der Waals surface area contributed by atoms with Crippen LogP contribution in [0.5, 0.6) is 5.75 Å². The van der Waals surface area contributed by atoms with E-state index < -0.39 is 5.97 Å². The molecule has 0 aliphatic heterocycles. The Morgan fingerprint density at radius 3 is 2.62 bits per heavy atom. The molecule has 2 aromatic carbocycles. The van der Waals surface area contributed by atoms with Crippen molar-refractivity contribution >= 4 is 35.2 Å². The Morgan fingerprint density at radius 1 is 1.15 bits per heavy atom. The lowest BCUT2D eigenvalue weighted by molar-refractivity contribution is -0.145. The summed E-state index contributed by atoms with van der Waals surface area (Å²) in [7, 11) is 1.60. The molecule has 1 amide bonds. The second kappa shape index (κ2) is 10.7. The molecule has 0 bridgehead atoms. The molecular weight excluding hydrogens is 374 g/mol. The van der Waals surface area contributed by atoms with E-state index in [1.54, 1.807) is 13.2 Å². The molecule has 7 heteroatoms. The van der Waals surface area contributed by atoms with Gasteiger partial charge in [-0.1, -0.05) is 23.7 Å². The molecule has 0 unspecified atom stereocenters. The molecule has 0 heterocycles. The summed E-state index contributed by atoms with van der Waals surface area (Å²) in [6, 6.07) is 14.8. The quantitative estimate of drug-likeness (QED) is 0.523. The number of carbonyl (C=O) groups is 2. The lowest BCUT2D eigenvalue weighted by Gasteiger charge is -2.07. The SMILES string of the molecule is COc1ccc(SCC(=O)OCC(=O)NCCc2cccc(Cl)c2)cc1. The molecule has 0 saturated heterocycles. The second-order valence-electron chi connectivity index (χ2n) is 5.35. The van der Waals surface area contributed by atoms with Gasteiger partial charge in [0, 0.05) is 16.5 Å². The van der Waals surface area contributed by atoms with E-state index in [1.807, 2.05) is 42.5 Å². The van der Waals surface area contributed by atoms with Crippen LogP contribution in [0, 0.1) is 0 Å². The zero-order valence-corrected chi connectivity index (χ0v) is 15.9. The highest BCUT2D eigenvalue weighted by atomic mass is 35.5. The van der Waals surface area contributed by atoms with Gasteiger partial charge in [-0.15, -0.1) is 11.8 Å². The third-order valence-electron chi connectivity index (χ3n) is 3.41. The minimum Gasteiger partial charge on any atom is -0.497 e. The molecule has 26 heavy (non-hydrogen) atoms. The first-order valence-corrected chi connectivity index (χ1v) is 9.37. The number of hydrogen-bond donors (Lipinski definition) is 1. The van der Waals surface area contributed by atoms with Crippen molar-refractivity contribution in [2.75, 3.05) is 26.0 Å². The van der Waals surface area contributed by atoms with Crippen LogP contribution in [0.3, 0.4) is 0 Å². The van der Waals surface area contributed by atoms with E-state index in [4.69, 9.17) is 21.1 Å². The number of amides is 1. The maximum atomic E-state index is 11.7. The Bertz CT molecular complexity index is 737. The molecule has 138 valence electrons. The number of ether oxygens (including phenoxy) is 2. The van der Waals surface area contributed by atoms with Crippen LogP contribution < -0.4 is 10.1 Å². The van der Waals surface area contributed by atoms with E-state index in [9.17, 15) is 9.59 Å². The largest absolute Gasteiger partial charge is 0.497 e. The van der Waals surface area contributed by atoms with Crippen LogP contribution in [0.2, 0.25) is 5.02 Å². The van der Waals surface area contributed by atoms with Gasteiger partial charge in [-0.05, 0) is 48.4 Å². The number of benzene rings is 2. The number of carbonyl (C=O) groups excluding carboxylic acids is 2. The molecule has 0 aliphatic carbocycles. The van der Waals surface area contributed by atoms with Gasteiger partial charge in [-0.3, -0.25) is 9.59 Å². The van der Waals surface area contributed by atoms with Crippen LogP contribution in [0.15, 0.2) is 53.4 Å². The number of methoxy groups -OCH3 is 1. The first-order valence-electron chi connectivity index (χ1n) is 8.00. The number of esters is 1. The standard InChI is InChI=1S/C19H20ClNO4S/c1-24-16-5-7-17(8-6-16)26-13-19(23)25-12-18(22)21-10-9-14-3-2-4-15(20)11-14/h2-8,11H,9-10,12-13H2,1H3,(H,21,22). The fourth-order valence-corrected chi connectivity index (χ4v) is 3.00. The van der Waals surface area contributed by atoms with Crippen molar-refractivity contribution in [2.45, 2.75) is 11.3 Å². The molecule has 2 aromatic rings. The van der Waals surface area contributed by atoms with Crippen molar-refractivity contribution in [3.05, 3.63) is 59.1 Å². The van der Waals surface area contributed by atoms with Crippen molar-refractivity contribution in [1.29, 1.82) is 0 Å². The molecule has 1 N–H and O–H groups in total. The second-order valence-corrected chi connectivity index (χ2v) is 6.84. The number of thioether (sulfide) groups is 1. The minimum absolute atomic E-state index is 0.141. The van der Waals surface area contributed by atoms with E-state index in [-0.39, 0.29) is 18.3 Å². The number of nitrogens with one attached hydrogen (secondary N) is 1. The average Bonchev–Trinajstić information content (AvgIpc) is 2.65. The highest BCUT2D eigenvalue weighted by molar-refractivity contribution is 8.00. The minimum atomic E-state index is -0.434. The maximum Gasteiger partial charge on any atom is 0.316 e. The zero-order chi connectivity index (χ0) is 18.8. The van der Waals surface area contributed by atoms with Crippen LogP contribution in [-0.4, -0.2) is 37.9 Å². The highest BCUT2D eigenvalue weighted by Crippen LogP contribution is 2.21. The third kappa shape index (κ3) is 7.37. The van der Waals surface area contributed by atoms with Crippen LogP contribution in [-0.2, 0) is 20.7 Å². The lowest BCUT2D eigenvalue weighted by Crippen LogP contribution is -2.30. The van der Waals surface area contributed by atoms with Gasteiger partial charge in [0.2, 0.25) is 0 Å². The van der Waals surface area contributed by atoms with Crippen LogP contribution in [0.4, 0.5) is 0 Å². The molecule has 0 fully saturated rings. The Balaban J connectivity index is 1.61. The Hall–Kier alpha value is -2.18. The van der Waals surface area contributed by atoms with Crippen molar-refractivity contribution in [3.63, 3.8) is 0 Å². The monoisotopic (exact) mass is 393 g/mol. The highest BCUT2D eigenvalue weighted by Gasteiger charge is 2.08. The lowest BCUT2D eigenvalue weighted by atomic mass is 10.1. The van der Waals surface area contributed by atoms with Gasteiger partial charge in [0.25, 0.3) is 5.91 Å². The number of rotatable bonds is 9. The van der Waals surface area contributed by atoms with E-state index in [0.29, 0.717) is 18.0 Å². The summed E-state index contributed by atoms with van der Waals surface area (Å²) >= 11 is 7.25. The number of halogens is 1. The van der Waals surface area contributed by atoms with Crippen molar-refractivity contribution in [2.24, 2.45) is 0 Å². The average molecular weight is 394 g/mol. The van der Waals surface area contributed by atoms with Crippen molar-refractivity contribution in [3.8, 4) is 5.75 Å². The molecule has 0 radical (unpaired) electrons. The first kappa shape index (κ1) is 20.1. The summed E-state index contributed by atoms with van der Waals surface area (Å²) in [6.45, 7) is 0.175. The zero-order valence-electron chi connectivity index (χ0n) is 14.4. The Kier molecular flexibility index (Phi) is 8.31. The van der Waals surface area contributed by atoms with Gasteiger partial charge in [0.1, 0.15) is 5.75 Å². The predicted octanol–water partition coefficient (Wildman–Crippen LogP) is 3.34. The first-order chi connectivity index (χ1) is 12.6. The van der Waals surface area contributed by atoms with E-state index in [2.05, 4.69) is 5.32 Å². The molecule has 0 aromatic heterocycles.